The number of hydrogen-bond acceptors (Lipinski definition) is 5. The lowest BCUT2D eigenvalue weighted by atomic mass is 10.2. The van der Waals surface area contributed by atoms with E-state index in [1.807, 2.05) is 19.1 Å². The van der Waals surface area contributed by atoms with Crippen LogP contribution >= 0.6 is 11.3 Å². The zero-order valence-electron chi connectivity index (χ0n) is 10.5. The zero-order chi connectivity index (χ0) is 13.4. The highest BCUT2D eigenvalue weighted by molar-refractivity contribution is 7.22. The maximum atomic E-state index is 12.0. The van der Waals surface area contributed by atoms with Gasteiger partial charge < -0.3 is 15.7 Å². The number of aliphatic hydroxyl groups is 1. The number of anilines is 1. The second kappa shape index (κ2) is 4.88. The van der Waals surface area contributed by atoms with Gasteiger partial charge in [0.2, 0.25) is 5.91 Å². The Morgan fingerprint density at radius 3 is 3.16 bits per heavy atom. The van der Waals surface area contributed by atoms with Gasteiger partial charge in [0, 0.05) is 6.54 Å². The quantitative estimate of drug-likeness (QED) is 0.773. The van der Waals surface area contributed by atoms with Crippen molar-refractivity contribution in [2.45, 2.75) is 25.5 Å². The maximum Gasteiger partial charge on any atom is 0.243 e. The summed E-state index contributed by atoms with van der Waals surface area (Å²) in [4.78, 5) is 16.4. The van der Waals surface area contributed by atoms with Crippen LogP contribution in [0.3, 0.4) is 0 Å². The molecule has 3 N–H and O–H groups in total. The van der Waals surface area contributed by atoms with Crippen molar-refractivity contribution in [1.29, 1.82) is 0 Å². The molecule has 2 atom stereocenters. The molecule has 1 saturated heterocycles. The fraction of sp³-hybridized carbons (Fsp3) is 0.385. The second-order valence-corrected chi connectivity index (χ2v) is 5.86. The minimum Gasteiger partial charge on any atom is -0.392 e. The third kappa shape index (κ3) is 2.60. The average molecular weight is 277 g/mol. The van der Waals surface area contributed by atoms with E-state index in [2.05, 4.69) is 21.7 Å². The van der Waals surface area contributed by atoms with Crippen molar-refractivity contribution in [3.8, 4) is 0 Å². The van der Waals surface area contributed by atoms with Gasteiger partial charge in [0.25, 0.3) is 0 Å². The van der Waals surface area contributed by atoms with Crippen LogP contribution in [0.15, 0.2) is 18.2 Å². The van der Waals surface area contributed by atoms with E-state index >= 15 is 0 Å². The number of carbonyl (C=O) groups is 1. The number of nitrogens with one attached hydrogen (secondary N) is 2. The van der Waals surface area contributed by atoms with Crippen LogP contribution in [0.1, 0.15) is 12.0 Å². The van der Waals surface area contributed by atoms with E-state index in [1.54, 1.807) is 0 Å². The largest absolute Gasteiger partial charge is 0.392 e. The van der Waals surface area contributed by atoms with Crippen LogP contribution in [0.5, 0.6) is 0 Å². The van der Waals surface area contributed by atoms with E-state index in [1.165, 1.54) is 16.9 Å². The second-order valence-electron chi connectivity index (χ2n) is 4.83. The van der Waals surface area contributed by atoms with Gasteiger partial charge in [-0.25, -0.2) is 4.98 Å². The number of aliphatic hydroxyl groups excluding tert-OH is 1. The number of thiazole rings is 1. The van der Waals surface area contributed by atoms with Crippen molar-refractivity contribution in [3.05, 3.63) is 23.8 Å². The summed E-state index contributed by atoms with van der Waals surface area (Å²) in [6.07, 6.45) is 0.0179. The van der Waals surface area contributed by atoms with E-state index in [0.717, 1.165) is 10.2 Å². The van der Waals surface area contributed by atoms with Crippen LogP contribution in [0.4, 0.5) is 5.13 Å². The molecule has 1 aromatic carbocycles. The minimum atomic E-state index is -0.436. The van der Waals surface area contributed by atoms with E-state index in [9.17, 15) is 9.90 Å². The Balaban J connectivity index is 1.76. The number of aryl methyl sites for hydroxylation is 1. The predicted molar refractivity (Wildman–Crippen MR) is 75.4 cm³/mol. The molecule has 2 aromatic rings. The van der Waals surface area contributed by atoms with Crippen LogP contribution in [-0.4, -0.2) is 34.7 Å². The van der Waals surface area contributed by atoms with Gasteiger partial charge in [-0.3, -0.25) is 4.79 Å². The van der Waals surface area contributed by atoms with Gasteiger partial charge in [0.1, 0.15) is 0 Å². The Hall–Kier alpha value is -1.50. The fourth-order valence-corrected chi connectivity index (χ4v) is 3.16. The summed E-state index contributed by atoms with van der Waals surface area (Å²) in [5, 5.41) is 15.8. The Labute approximate surface area is 114 Å². The molecule has 2 unspecified atom stereocenters. The number of hydrogen-bond donors (Lipinski definition) is 3. The molecule has 100 valence electrons. The van der Waals surface area contributed by atoms with E-state index in [0.29, 0.717) is 18.1 Å². The number of amides is 1. The number of β-amino-alcohol motifs (C(OH)–C–C–N with tert-alkyl or cyclic N) is 1. The van der Waals surface area contributed by atoms with Gasteiger partial charge >= 0.3 is 0 Å². The van der Waals surface area contributed by atoms with Crippen molar-refractivity contribution >= 4 is 32.6 Å². The van der Waals surface area contributed by atoms with Gasteiger partial charge in [-0.05, 0) is 31.0 Å². The molecule has 0 saturated carbocycles. The molecule has 19 heavy (non-hydrogen) atoms. The van der Waals surface area contributed by atoms with Gasteiger partial charge in [-0.2, -0.15) is 0 Å². The molecule has 3 rings (SSSR count). The Kier molecular flexibility index (Phi) is 3.22. The molecular weight excluding hydrogens is 262 g/mol. The van der Waals surface area contributed by atoms with E-state index in [-0.39, 0.29) is 11.9 Å². The summed E-state index contributed by atoms with van der Waals surface area (Å²) in [6.45, 7) is 2.50. The molecule has 0 radical (unpaired) electrons. The van der Waals surface area contributed by atoms with Crippen LogP contribution < -0.4 is 10.6 Å². The molecule has 6 heteroatoms. The maximum absolute atomic E-state index is 12.0. The first-order chi connectivity index (χ1) is 9.11. The fourth-order valence-electron chi connectivity index (χ4n) is 2.19. The number of nitrogens with zero attached hydrogens (tertiary/aromatic N) is 1. The van der Waals surface area contributed by atoms with Crippen LogP contribution in [0.2, 0.25) is 0 Å². The smallest absolute Gasteiger partial charge is 0.243 e. The lowest BCUT2D eigenvalue weighted by Gasteiger charge is -2.08. The molecule has 0 aliphatic carbocycles. The molecule has 1 fully saturated rings. The first kappa shape index (κ1) is 12.5. The van der Waals surface area contributed by atoms with Crippen molar-refractivity contribution in [3.63, 3.8) is 0 Å². The third-order valence-electron chi connectivity index (χ3n) is 3.20. The molecule has 1 amide bonds. The summed E-state index contributed by atoms with van der Waals surface area (Å²) in [5.41, 5.74) is 2.07. The molecule has 1 aliphatic heterocycles. The summed E-state index contributed by atoms with van der Waals surface area (Å²) in [7, 11) is 0. The molecule has 0 spiro atoms. The van der Waals surface area contributed by atoms with Crippen molar-refractivity contribution < 1.29 is 9.90 Å². The summed E-state index contributed by atoms with van der Waals surface area (Å²) >= 11 is 1.47. The molecule has 0 bridgehead atoms. The third-order valence-corrected chi connectivity index (χ3v) is 4.13. The average Bonchev–Trinajstić information content (AvgIpc) is 2.94. The number of benzene rings is 1. The molecule has 1 aromatic heterocycles. The highest BCUT2D eigenvalue weighted by Crippen LogP contribution is 2.26. The lowest BCUT2D eigenvalue weighted by molar-refractivity contribution is -0.117. The molecule has 1 aliphatic rings. The highest BCUT2D eigenvalue weighted by atomic mass is 32.1. The Morgan fingerprint density at radius 1 is 1.58 bits per heavy atom. The van der Waals surface area contributed by atoms with E-state index < -0.39 is 6.10 Å². The zero-order valence-corrected chi connectivity index (χ0v) is 11.3. The van der Waals surface area contributed by atoms with Crippen LogP contribution in [0.25, 0.3) is 10.2 Å². The van der Waals surface area contributed by atoms with Crippen molar-refractivity contribution in [2.75, 3.05) is 11.9 Å². The van der Waals surface area contributed by atoms with Crippen molar-refractivity contribution in [1.82, 2.24) is 10.3 Å². The van der Waals surface area contributed by atoms with Crippen molar-refractivity contribution in [2.24, 2.45) is 0 Å². The summed E-state index contributed by atoms with van der Waals surface area (Å²) < 4.78 is 1.06. The Bertz CT molecular complexity index is 625. The minimum absolute atomic E-state index is 0.132. The van der Waals surface area contributed by atoms with Gasteiger partial charge in [0.15, 0.2) is 5.13 Å². The van der Waals surface area contributed by atoms with Crippen LogP contribution in [0, 0.1) is 6.92 Å². The monoisotopic (exact) mass is 277 g/mol. The van der Waals surface area contributed by atoms with Crippen LogP contribution in [-0.2, 0) is 4.79 Å². The normalized spacial score (nSPS) is 22.8. The molecule has 5 nitrogen and oxygen atoms in total. The standard InChI is InChI=1S/C13H15N3O2S/c1-7-2-3-9-11(4-7)19-13(15-9)16-12(18)10-5-8(17)6-14-10/h2-4,8,10,14,17H,5-6H2,1H3,(H,15,16,18). The van der Waals surface area contributed by atoms with Gasteiger partial charge in [-0.15, -0.1) is 0 Å². The highest BCUT2D eigenvalue weighted by Gasteiger charge is 2.28. The first-order valence-corrected chi connectivity index (χ1v) is 7.03. The molecule has 2 heterocycles. The number of fused-ring (bicyclic) bond motifs is 1. The Morgan fingerprint density at radius 2 is 2.42 bits per heavy atom. The predicted octanol–water partition coefficient (Wildman–Crippen LogP) is 1.27. The number of carbonyl (C=O) groups excluding carboxylic acids is 1. The van der Waals surface area contributed by atoms with Gasteiger partial charge in [-0.1, -0.05) is 17.4 Å². The molecular formula is C13H15N3O2S. The first-order valence-electron chi connectivity index (χ1n) is 6.21. The van der Waals surface area contributed by atoms with E-state index in [4.69, 9.17) is 0 Å². The van der Waals surface area contributed by atoms with Gasteiger partial charge in [0.05, 0.1) is 22.4 Å². The lowest BCUT2D eigenvalue weighted by Crippen LogP contribution is -2.35. The SMILES string of the molecule is Cc1ccc2nc(NC(=O)C3CC(O)CN3)sc2c1. The number of aromatic nitrogens is 1. The number of rotatable bonds is 2. The summed E-state index contributed by atoms with van der Waals surface area (Å²) in [5.74, 6) is -0.132. The topological polar surface area (TPSA) is 74.2 Å². The summed E-state index contributed by atoms with van der Waals surface area (Å²) in [6, 6.07) is 5.68.